The van der Waals surface area contributed by atoms with Crippen molar-refractivity contribution >= 4 is 26.7 Å². The summed E-state index contributed by atoms with van der Waals surface area (Å²) in [5.74, 6) is -0.0513. The zero-order valence-corrected chi connectivity index (χ0v) is 15.6. The van der Waals surface area contributed by atoms with E-state index < -0.39 is 15.1 Å². The molecule has 1 aliphatic rings. The first-order valence-corrected chi connectivity index (χ1v) is 10.5. The Labute approximate surface area is 157 Å². The first-order chi connectivity index (χ1) is 13.1. The molecule has 0 bridgehead atoms. The Morgan fingerprint density at radius 2 is 1.70 bits per heavy atom. The molecule has 140 valence electrons. The third-order valence-electron chi connectivity index (χ3n) is 5.08. The van der Waals surface area contributed by atoms with Crippen LogP contribution in [0.1, 0.15) is 18.5 Å². The van der Waals surface area contributed by atoms with E-state index in [2.05, 4.69) is 5.16 Å². The number of hydrogen-bond acceptors (Lipinski definition) is 5. The van der Waals surface area contributed by atoms with Gasteiger partial charge in [-0.05, 0) is 37.1 Å². The Morgan fingerprint density at radius 3 is 2.44 bits per heavy atom. The van der Waals surface area contributed by atoms with Gasteiger partial charge < -0.3 is 9.42 Å². The summed E-state index contributed by atoms with van der Waals surface area (Å²) in [7, 11) is -3.36. The number of nitrogens with zero attached hydrogens (tertiary/aromatic N) is 2. The van der Waals surface area contributed by atoms with Gasteiger partial charge in [0.25, 0.3) is 0 Å². The molecular formula is C20H20N2O4S. The van der Waals surface area contributed by atoms with Crippen LogP contribution < -0.4 is 0 Å². The van der Waals surface area contributed by atoms with Crippen molar-refractivity contribution in [3.63, 3.8) is 0 Å². The molecule has 0 aliphatic carbocycles. The van der Waals surface area contributed by atoms with Gasteiger partial charge in [0.05, 0.1) is 16.6 Å². The fraction of sp³-hybridized carbons (Fsp3) is 0.300. The van der Waals surface area contributed by atoms with Gasteiger partial charge >= 0.3 is 0 Å². The van der Waals surface area contributed by atoms with Crippen molar-refractivity contribution in [1.29, 1.82) is 0 Å². The lowest BCUT2D eigenvalue weighted by Gasteiger charge is -2.31. The Kier molecular flexibility index (Phi) is 4.70. The van der Waals surface area contributed by atoms with Gasteiger partial charge in [-0.3, -0.25) is 4.79 Å². The Balaban J connectivity index is 1.41. The van der Waals surface area contributed by atoms with Crippen LogP contribution in [0.3, 0.4) is 0 Å². The van der Waals surface area contributed by atoms with E-state index in [0.717, 1.165) is 5.39 Å². The number of fused-ring (bicyclic) bond motifs is 1. The number of hydrogen-bond donors (Lipinski definition) is 0. The molecule has 1 amide bonds. The van der Waals surface area contributed by atoms with Crippen LogP contribution in [0.4, 0.5) is 0 Å². The maximum absolute atomic E-state index is 12.7. The van der Waals surface area contributed by atoms with E-state index in [0.29, 0.717) is 42.1 Å². The number of carbonyl (C=O) groups excluding carboxylic acids is 1. The van der Waals surface area contributed by atoms with Crippen LogP contribution in [0.2, 0.25) is 0 Å². The number of benzene rings is 2. The van der Waals surface area contributed by atoms with Crippen LogP contribution in [0.5, 0.6) is 0 Å². The van der Waals surface area contributed by atoms with Crippen molar-refractivity contribution in [1.82, 2.24) is 10.1 Å². The lowest BCUT2D eigenvalue weighted by atomic mass is 10.1. The van der Waals surface area contributed by atoms with Crippen molar-refractivity contribution in [2.24, 2.45) is 0 Å². The van der Waals surface area contributed by atoms with Gasteiger partial charge in [0, 0.05) is 18.5 Å². The SMILES string of the molecule is O=C(Cc1noc2ccccc12)N1CCC(S(=O)(=O)c2ccccc2)CC1. The van der Waals surface area contributed by atoms with Crippen molar-refractivity contribution in [2.45, 2.75) is 29.4 Å². The summed E-state index contributed by atoms with van der Waals surface area (Å²) in [6, 6.07) is 16.0. The van der Waals surface area contributed by atoms with Crippen molar-refractivity contribution in [2.75, 3.05) is 13.1 Å². The minimum absolute atomic E-state index is 0.0513. The molecule has 1 aliphatic heterocycles. The topological polar surface area (TPSA) is 80.5 Å². The number of likely N-dealkylation sites (tertiary alicyclic amines) is 1. The van der Waals surface area contributed by atoms with E-state index in [1.807, 2.05) is 24.3 Å². The predicted octanol–water partition coefficient (Wildman–Crippen LogP) is 2.84. The monoisotopic (exact) mass is 384 g/mol. The molecule has 0 unspecified atom stereocenters. The molecule has 1 aromatic heterocycles. The molecule has 6 nitrogen and oxygen atoms in total. The molecule has 1 fully saturated rings. The highest BCUT2D eigenvalue weighted by atomic mass is 32.2. The average molecular weight is 384 g/mol. The van der Waals surface area contributed by atoms with Gasteiger partial charge in [0.2, 0.25) is 5.91 Å². The van der Waals surface area contributed by atoms with E-state index >= 15 is 0 Å². The maximum atomic E-state index is 12.7. The Hall–Kier alpha value is -2.67. The van der Waals surface area contributed by atoms with Crippen molar-refractivity contribution < 1.29 is 17.7 Å². The summed E-state index contributed by atoms with van der Waals surface area (Å²) in [6.07, 6.45) is 1.05. The highest BCUT2D eigenvalue weighted by molar-refractivity contribution is 7.92. The molecular weight excluding hydrogens is 364 g/mol. The van der Waals surface area contributed by atoms with Crippen LogP contribution in [0.15, 0.2) is 64.0 Å². The van der Waals surface area contributed by atoms with Crippen molar-refractivity contribution in [3.05, 3.63) is 60.3 Å². The van der Waals surface area contributed by atoms with Crippen LogP contribution in [-0.2, 0) is 21.1 Å². The number of amides is 1. The molecule has 0 N–H and O–H groups in total. The third-order valence-corrected chi connectivity index (χ3v) is 7.35. The number of aromatic nitrogens is 1. The second-order valence-electron chi connectivity index (χ2n) is 6.74. The molecule has 0 saturated carbocycles. The minimum Gasteiger partial charge on any atom is -0.356 e. The summed E-state index contributed by atoms with van der Waals surface area (Å²) in [5, 5.41) is 4.40. The largest absolute Gasteiger partial charge is 0.356 e. The lowest BCUT2D eigenvalue weighted by molar-refractivity contribution is -0.131. The zero-order chi connectivity index (χ0) is 18.9. The first kappa shape index (κ1) is 17.7. The standard InChI is InChI=1S/C20H20N2O4S/c23-20(14-18-17-8-4-5-9-19(17)26-21-18)22-12-10-16(11-13-22)27(24,25)15-6-2-1-3-7-15/h1-9,16H,10-14H2. The summed E-state index contributed by atoms with van der Waals surface area (Å²) in [4.78, 5) is 14.7. The number of para-hydroxylation sites is 1. The van der Waals surface area contributed by atoms with Crippen molar-refractivity contribution in [3.8, 4) is 0 Å². The second-order valence-corrected chi connectivity index (χ2v) is 8.97. The molecule has 7 heteroatoms. The third kappa shape index (κ3) is 3.47. The minimum atomic E-state index is -3.36. The van der Waals surface area contributed by atoms with Gasteiger partial charge in [0.15, 0.2) is 15.4 Å². The molecule has 27 heavy (non-hydrogen) atoms. The highest BCUT2D eigenvalue weighted by Gasteiger charge is 2.32. The van der Waals surface area contributed by atoms with Gasteiger partial charge in [-0.15, -0.1) is 0 Å². The van der Waals surface area contributed by atoms with E-state index in [4.69, 9.17) is 4.52 Å². The molecule has 0 spiro atoms. The first-order valence-electron chi connectivity index (χ1n) is 8.96. The number of piperidine rings is 1. The fourth-order valence-electron chi connectivity index (χ4n) is 3.54. The number of sulfone groups is 1. The van der Waals surface area contributed by atoms with Crippen LogP contribution in [-0.4, -0.2) is 42.7 Å². The summed E-state index contributed by atoms with van der Waals surface area (Å²) in [6.45, 7) is 0.872. The van der Waals surface area contributed by atoms with Crippen LogP contribution >= 0.6 is 0 Å². The maximum Gasteiger partial charge on any atom is 0.228 e. The smallest absolute Gasteiger partial charge is 0.228 e. The van der Waals surface area contributed by atoms with Crippen LogP contribution in [0.25, 0.3) is 11.0 Å². The molecule has 2 aromatic carbocycles. The predicted molar refractivity (Wildman–Crippen MR) is 101 cm³/mol. The molecule has 4 rings (SSSR count). The molecule has 0 atom stereocenters. The Morgan fingerprint density at radius 1 is 1.04 bits per heavy atom. The van der Waals surface area contributed by atoms with E-state index in [1.54, 1.807) is 35.2 Å². The number of carbonyl (C=O) groups is 1. The molecule has 1 saturated heterocycles. The summed E-state index contributed by atoms with van der Waals surface area (Å²) in [5.41, 5.74) is 1.28. The molecule has 2 heterocycles. The number of rotatable bonds is 4. The zero-order valence-electron chi connectivity index (χ0n) is 14.7. The quantitative estimate of drug-likeness (QED) is 0.691. The lowest BCUT2D eigenvalue weighted by Crippen LogP contribution is -2.43. The second kappa shape index (κ2) is 7.15. The van der Waals surface area contributed by atoms with E-state index in [9.17, 15) is 13.2 Å². The fourth-order valence-corrected chi connectivity index (χ4v) is 5.29. The molecule has 0 radical (unpaired) electrons. The molecule has 3 aromatic rings. The normalized spacial score (nSPS) is 15.9. The van der Waals surface area contributed by atoms with Gasteiger partial charge in [-0.2, -0.15) is 0 Å². The van der Waals surface area contributed by atoms with E-state index in [-0.39, 0.29) is 12.3 Å². The van der Waals surface area contributed by atoms with Gasteiger partial charge in [-0.25, -0.2) is 8.42 Å². The van der Waals surface area contributed by atoms with Gasteiger partial charge in [-0.1, -0.05) is 35.5 Å². The van der Waals surface area contributed by atoms with Crippen LogP contribution in [0, 0.1) is 0 Å². The Bertz CT molecular complexity index is 1050. The average Bonchev–Trinajstić information content (AvgIpc) is 3.12. The van der Waals surface area contributed by atoms with Gasteiger partial charge in [0.1, 0.15) is 5.69 Å². The summed E-state index contributed by atoms with van der Waals surface area (Å²) >= 11 is 0. The van der Waals surface area contributed by atoms with E-state index in [1.165, 1.54) is 0 Å². The highest BCUT2D eigenvalue weighted by Crippen LogP contribution is 2.25. The summed E-state index contributed by atoms with van der Waals surface area (Å²) < 4.78 is 30.7.